The Morgan fingerprint density at radius 2 is 2.07 bits per heavy atom. The van der Waals surface area contributed by atoms with Crippen LogP contribution in [-0.2, 0) is 11.3 Å². The molecule has 7 heteroatoms. The van der Waals surface area contributed by atoms with E-state index in [0.717, 1.165) is 35.2 Å². The van der Waals surface area contributed by atoms with Crippen LogP contribution in [0.2, 0.25) is 0 Å². The number of esters is 1. The Balaban J connectivity index is 1.82. The Morgan fingerprint density at radius 3 is 2.78 bits per heavy atom. The lowest BCUT2D eigenvalue weighted by molar-refractivity contribution is 0.0520. The number of ether oxygens (including phenoxy) is 1. The molecule has 5 nitrogen and oxygen atoms in total. The number of carbonyl (C=O) groups excluding carboxylic acids is 2. The summed E-state index contributed by atoms with van der Waals surface area (Å²) in [5, 5.41) is 2.46. The van der Waals surface area contributed by atoms with Crippen LogP contribution in [0.5, 0.6) is 0 Å². The molecule has 0 atom stereocenters. The van der Waals surface area contributed by atoms with Crippen LogP contribution in [-0.4, -0.2) is 34.4 Å². The van der Waals surface area contributed by atoms with Crippen LogP contribution < -0.4 is 0 Å². The Bertz CT molecular complexity index is 802. The van der Waals surface area contributed by atoms with E-state index in [-0.39, 0.29) is 11.9 Å². The number of halogens is 1. The van der Waals surface area contributed by atoms with Crippen molar-refractivity contribution in [1.82, 2.24) is 9.88 Å². The molecule has 1 saturated carbocycles. The maximum atomic E-state index is 13.2. The van der Waals surface area contributed by atoms with E-state index in [0.29, 0.717) is 24.4 Å². The molecule has 0 saturated heterocycles. The molecule has 3 rings (SSSR count). The highest BCUT2D eigenvalue weighted by atomic mass is 79.9. The van der Waals surface area contributed by atoms with E-state index in [1.54, 1.807) is 12.3 Å². The van der Waals surface area contributed by atoms with Crippen LogP contribution in [0, 0.1) is 0 Å². The quantitative estimate of drug-likeness (QED) is 0.577. The molecule has 0 bridgehead atoms. The summed E-state index contributed by atoms with van der Waals surface area (Å²) >= 11 is 4.84. The summed E-state index contributed by atoms with van der Waals surface area (Å²) in [6, 6.07) is 7.69. The zero-order valence-corrected chi connectivity index (χ0v) is 17.7. The van der Waals surface area contributed by atoms with E-state index in [1.807, 2.05) is 29.2 Å². The molecule has 27 heavy (non-hydrogen) atoms. The normalized spacial score (nSPS) is 14.7. The highest BCUT2D eigenvalue weighted by Crippen LogP contribution is 2.27. The number of amides is 1. The smallest absolute Gasteiger partial charge is 0.357 e. The van der Waals surface area contributed by atoms with Gasteiger partial charge in [0.1, 0.15) is 5.01 Å². The lowest BCUT2D eigenvalue weighted by Gasteiger charge is -2.34. The number of carbonyl (C=O) groups is 2. The molecule has 1 amide bonds. The van der Waals surface area contributed by atoms with Gasteiger partial charge in [0.05, 0.1) is 13.2 Å². The minimum Gasteiger partial charge on any atom is -0.461 e. The lowest BCUT2D eigenvalue weighted by atomic mass is 9.93. The van der Waals surface area contributed by atoms with E-state index in [9.17, 15) is 9.59 Å². The standard InChI is InChI=1S/C20H23BrN2O3S/c1-2-26-20(25)17-13-27-18(22-17)12-23(16-9-4-3-5-10-16)19(24)14-7-6-8-15(21)11-14/h6-8,11,13,16H,2-5,9-10,12H2,1H3. The van der Waals surface area contributed by atoms with Gasteiger partial charge in [0.15, 0.2) is 5.69 Å². The maximum absolute atomic E-state index is 13.2. The average molecular weight is 451 g/mol. The summed E-state index contributed by atoms with van der Waals surface area (Å²) in [4.78, 5) is 31.4. The van der Waals surface area contributed by atoms with Crippen molar-refractivity contribution in [3.8, 4) is 0 Å². The van der Waals surface area contributed by atoms with Crippen molar-refractivity contribution >= 4 is 39.1 Å². The third-order valence-electron chi connectivity index (χ3n) is 4.69. The van der Waals surface area contributed by atoms with Crippen molar-refractivity contribution < 1.29 is 14.3 Å². The van der Waals surface area contributed by atoms with Crippen LogP contribution in [0.1, 0.15) is 64.9 Å². The zero-order valence-electron chi connectivity index (χ0n) is 15.3. The number of benzene rings is 1. The molecule has 1 fully saturated rings. The average Bonchev–Trinajstić information content (AvgIpc) is 3.15. The summed E-state index contributed by atoms with van der Waals surface area (Å²) in [6.45, 7) is 2.51. The number of nitrogens with zero attached hydrogens (tertiary/aromatic N) is 2. The molecule has 0 aliphatic heterocycles. The number of hydrogen-bond donors (Lipinski definition) is 0. The molecular weight excluding hydrogens is 428 g/mol. The Morgan fingerprint density at radius 1 is 1.30 bits per heavy atom. The second kappa shape index (κ2) is 9.46. The van der Waals surface area contributed by atoms with Crippen molar-refractivity contribution in [2.75, 3.05) is 6.61 Å². The predicted molar refractivity (Wildman–Crippen MR) is 109 cm³/mol. The van der Waals surface area contributed by atoms with Crippen molar-refractivity contribution in [2.24, 2.45) is 0 Å². The maximum Gasteiger partial charge on any atom is 0.357 e. The molecule has 0 spiro atoms. The van der Waals surface area contributed by atoms with Gasteiger partial charge >= 0.3 is 5.97 Å². The van der Waals surface area contributed by atoms with Gasteiger partial charge in [0.2, 0.25) is 0 Å². The van der Waals surface area contributed by atoms with Crippen molar-refractivity contribution in [3.63, 3.8) is 0 Å². The molecule has 1 aliphatic rings. The second-order valence-corrected chi connectivity index (χ2v) is 8.44. The minimum absolute atomic E-state index is 0.0103. The van der Waals surface area contributed by atoms with Gasteiger partial charge in [-0.2, -0.15) is 0 Å². The van der Waals surface area contributed by atoms with Gasteiger partial charge in [-0.25, -0.2) is 9.78 Å². The van der Waals surface area contributed by atoms with Gasteiger partial charge in [-0.05, 0) is 38.0 Å². The van der Waals surface area contributed by atoms with Crippen LogP contribution in [0.3, 0.4) is 0 Å². The van der Waals surface area contributed by atoms with Crippen LogP contribution >= 0.6 is 27.3 Å². The predicted octanol–water partition coefficient (Wildman–Crippen LogP) is 5.06. The highest BCUT2D eigenvalue weighted by Gasteiger charge is 2.27. The van der Waals surface area contributed by atoms with Crippen molar-refractivity contribution in [3.05, 3.63) is 50.4 Å². The topological polar surface area (TPSA) is 59.5 Å². The number of aromatic nitrogens is 1. The SMILES string of the molecule is CCOC(=O)c1csc(CN(C(=O)c2cccc(Br)c2)C2CCCCC2)n1. The second-order valence-electron chi connectivity index (χ2n) is 6.58. The summed E-state index contributed by atoms with van der Waals surface area (Å²) in [7, 11) is 0. The molecule has 2 aromatic rings. The molecule has 1 heterocycles. The molecule has 144 valence electrons. The van der Waals surface area contributed by atoms with Gasteiger partial charge < -0.3 is 9.64 Å². The first kappa shape index (κ1) is 20.0. The van der Waals surface area contributed by atoms with E-state index in [2.05, 4.69) is 20.9 Å². The molecule has 0 N–H and O–H groups in total. The van der Waals surface area contributed by atoms with Gasteiger partial charge in [0, 0.05) is 21.5 Å². The van der Waals surface area contributed by atoms with E-state index in [1.165, 1.54) is 17.8 Å². The van der Waals surface area contributed by atoms with Crippen LogP contribution in [0.4, 0.5) is 0 Å². The van der Waals surface area contributed by atoms with Gasteiger partial charge in [0.25, 0.3) is 5.91 Å². The Kier molecular flexibility index (Phi) is 7.01. The molecule has 0 unspecified atom stereocenters. The molecule has 1 aliphatic carbocycles. The fraction of sp³-hybridized carbons (Fsp3) is 0.450. The minimum atomic E-state index is -0.414. The number of hydrogen-bond acceptors (Lipinski definition) is 5. The fourth-order valence-electron chi connectivity index (χ4n) is 3.37. The fourth-order valence-corrected chi connectivity index (χ4v) is 4.54. The third kappa shape index (κ3) is 5.17. The molecular formula is C20H23BrN2O3S. The summed E-state index contributed by atoms with van der Waals surface area (Å²) < 4.78 is 5.90. The van der Waals surface area contributed by atoms with Gasteiger partial charge in [-0.15, -0.1) is 11.3 Å². The van der Waals surface area contributed by atoms with E-state index in [4.69, 9.17) is 4.74 Å². The molecule has 0 radical (unpaired) electrons. The first-order valence-corrected chi connectivity index (χ1v) is 10.9. The highest BCUT2D eigenvalue weighted by molar-refractivity contribution is 9.10. The molecule has 1 aromatic heterocycles. The zero-order chi connectivity index (χ0) is 19.2. The largest absolute Gasteiger partial charge is 0.461 e. The van der Waals surface area contributed by atoms with Crippen molar-refractivity contribution in [1.29, 1.82) is 0 Å². The summed E-state index contributed by atoms with van der Waals surface area (Å²) in [5.74, 6) is -0.404. The third-order valence-corrected chi connectivity index (χ3v) is 6.02. The number of thiazole rings is 1. The van der Waals surface area contributed by atoms with Crippen LogP contribution in [0.15, 0.2) is 34.1 Å². The first-order chi connectivity index (χ1) is 13.1. The van der Waals surface area contributed by atoms with Crippen LogP contribution in [0.25, 0.3) is 0 Å². The number of rotatable bonds is 6. The van der Waals surface area contributed by atoms with Gasteiger partial charge in [-0.3, -0.25) is 4.79 Å². The molecule has 1 aromatic carbocycles. The lowest BCUT2D eigenvalue weighted by Crippen LogP contribution is -2.41. The first-order valence-electron chi connectivity index (χ1n) is 9.26. The Labute approximate surface area is 171 Å². The monoisotopic (exact) mass is 450 g/mol. The Hall–Kier alpha value is -1.73. The summed E-state index contributed by atoms with van der Waals surface area (Å²) in [5.41, 5.74) is 0.979. The van der Waals surface area contributed by atoms with E-state index < -0.39 is 5.97 Å². The summed E-state index contributed by atoms with van der Waals surface area (Å²) in [6.07, 6.45) is 5.52. The van der Waals surface area contributed by atoms with Crippen molar-refractivity contribution in [2.45, 2.75) is 51.6 Å². The van der Waals surface area contributed by atoms with E-state index >= 15 is 0 Å². The van der Waals surface area contributed by atoms with Gasteiger partial charge in [-0.1, -0.05) is 41.3 Å².